The van der Waals surface area contributed by atoms with Gasteiger partial charge >= 0.3 is 0 Å². The lowest BCUT2D eigenvalue weighted by Gasteiger charge is -2.52. The maximum Gasteiger partial charge on any atom is 0.0324 e. The predicted octanol–water partition coefficient (Wildman–Crippen LogP) is 0.816. The Hall–Kier alpha value is -0.0800. The monoisotopic (exact) mass is 142 g/mol. The van der Waals surface area contributed by atoms with E-state index < -0.39 is 0 Å². The fourth-order valence-corrected chi connectivity index (χ4v) is 1.52. The van der Waals surface area contributed by atoms with Gasteiger partial charge in [0.25, 0.3) is 0 Å². The number of nitrogens with two attached hydrogens (primary N) is 1. The highest BCUT2D eigenvalue weighted by Crippen LogP contribution is 2.25. The molecule has 1 fully saturated rings. The summed E-state index contributed by atoms with van der Waals surface area (Å²) in [7, 11) is 0. The van der Waals surface area contributed by atoms with Crippen molar-refractivity contribution < 1.29 is 0 Å². The molecule has 0 aromatic carbocycles. The van der Waals surface area contributed by atoms with Crippen LogP contribution in [0.1, 0.15) is 27.7 Å². The number of rotatable bonds is 0. The van der Waals surface area contributed by atoms with Crippen LogP contribution in [0, 0.1) is 0 Å². The van der Waals surface area contributed by atoms with Gasteiger partial charge in [-0.2, -0.15) is 0 Å². The molecule has 1 rings (SSSR count). The van der Waals surface area contributed by atoms with Gasteiger partial charge in [0.1, 0.15) is 0 Å². The van der Waals surface area contributed by atoms with Gasteiger partial charge in [-0.3, -0.25) is 4.90 Å². The van der Waals surface area contributed by atoms with Gasteiger partial charge in [-0.25, -0.2) is 0 Å². The minimum Gasteiger partial charge on any atom is -0.325 e. The Labute approximate surface area is 63.4 Å². The van der Waals surface area contributed by atoms with E-state index in [0.717, 1.165) is 6.54 Å². The molecular formula is C8H18N2. The molecule has 60 valence electrons. The molecule has 1 aliphatic heterocycles. The Balaban J connectivity index is 2.48. The van der Waals surface area contributed by atoms with Crippen LogP contribution in [0.25, 0.3) is 0 Å². The molecule has 0 saturated carbocycles. The second kappa shape index (κ2) is 2.21. The predicted molar refractivity (Wildman–Crippen MR) is 43.9 cm³/mol. The largest absolute Gasteiger partial charge is 0.325 e. The fraction of sp³-hybridized carbons (Fsp3) is 1.00. The molecule has 2 heteroatoms. The first-order valence-corrected chi connectivity index (χ1v) is 3.95. The zero-order valence-electron chi connectivity index (χ0n) is 7.39. The van der Waals surface area contributed by atoms with E-state index in [9.17, 15) is 0 Å². The molecule has 0 spiro atoms. The van der Waals surface area contributed by atoms with Crippen molar-refractivity contribution in [3.8, 4) is 0 Å². The van der Waals surface area contributed by atoms with E-state index in [1.165, 1.54) is 0 Å². The molecule has 1 unspecified atom stereocenters. The Morgan fingerprint density at radius 1 is 1.40 bits per heavy atom. The van der Waals surface area contributed by atoms with Gasteiger partial charge in [0.2, 0.25) is 0 Å². The third-order valence-electron chi connectivity index (χ3n) is 2.38. The smallest absolute Gasteiger partial charge is 0.0324 e. The average Bonchev–Trinajstić information content (AvgIpc) is 1.79. The van der Waals surface area contributed by atoms with Gasteiger partial charge in [-0.15, -0.1) is 0 Å². The summed E-state index contributed by atoms with van der Waals surface area (Å²) in [6.07, 6.45) is 0. The highest BCUT2D eigenvalue weighted by molar-refractivity contribution is 4.97. The fourth-order valence-electron chi connectivity index (χ4n) is 1.52. The van der Waals surface area contributed by atoms with Crippen molar-refractivity contribution in [1.82, 2.24) is 4.90 Å². The van der Waals surface area contributed by atoms with E-state index in [0.29, 0.717) is 17.6 Å². The van der Waals surface area contributed by atoms with Crippen LogP contribution >= 0.6 is 0 Å². The average molecular weight is 142 g/mol. The first kappa shape index (κ1) is 8.02. The zero-order chi connectivity index (χ0) is 7.94. The summed E-state index contributed by atoms with van der Waals surface area (Å²) in [6, 6.07) is 0.972. The number of nitrogens with zero attached hydrogens (tertiary/aromatic N) is 1. The molecule has 1 saturated heterocycles. The minimum absolute atomic E-state index is 0.301. The van der Waals surface area contributed by atoms with Crippen molar-refractivity contribution in [2.75, 3.05) is 6.54 Å². The molecule has 10 heavy (non-hydrogen) atoms. The minimum atomic E-state index is 0.301. The van der Waals surface area contributed by atoms with Crippen LogP contribution in [-0.2, 0) is 0 Å². The highest BCUT2D eigenvalue weighted by atomic mass is 15.3. The second-order valence-electron chi connectivity index (χ2n) is 4.23. The third-order valence-corrected chi connectivity index (χ3v) is 2.38. The number of likely N-dealkylation sites (tertiary alicyclic amines) is 1. The zero-order valence-corrected chi connectivity index (χ0v) is 7.39. The molecule has 0 radical (unpaired) electrons. The van der Waals surface area contributed by atoms with E-state index in [1.54, 1.807) is 0 Å². The summed E-state index contributed by atoms with van der Waals surface area (Å²) in [6.45, 7) is 9.95. The summed E-state index contributed by atoms with van der Waals surface area (Å²) in [5.74, 6) is 0. The number of hydrogen-bond acceptors (Lipinski definition) is 2. The quantitative estimate of drug-likeness (QED) is 0.542. The molecule has 2 N–H and O–H groups in total. The Kier molecular flexibility index (Phi) is 1.77. The summed E-state index contributed by atoms with van der Waals surface area (Å²) >= 11 is 0. The molecule has 2 atom stereocenters. The van der Waals surface area contributed by atoms with Gasteiger partial charge in [0.05, 0.1) is 0 Å². The van der Waals surface area contributed by atoms with Gasteiger partial charge in [-0.05, 0) is 27.7 Å². The van der Waals surface area contributed by atoms with Crippen molar-refractivity contribution in [2.45, 2.75) is 45.3 Å². The molecular weight excluding hydrogens is 124 g/mol. The molecule has 2 nitrogen and oxygen atoms in total. The van der Waals surface area contributed by atoms with Crippen LogP contribution in [0.5, 0.6) is 0 Å². The van der Waals surface area contributed by atoms with Crippen LogP contribution in [0.15, 0.2) is 0 Å². The summed E-state index contributed by atoms with van der Waals surface area (Å²) in [5.41, 5.74) is 6.07. The van der Waals surface area contributed by atoms with Gasteiger partial charge in [0, 0.05) is 24.2 Å². The van der Waals surface area contributed by atoms with Crippen molar-refractivity contribution in [3.05, 3.63) is 0 Å². The van der Waals surface area contributed by atoms with Gasteiger partial charge < -0.3 is 5.73 Å². The summed E-state index contributed by atoms with van der Waals surface area (Å²) in [5, 5.41) is 0. The van der Waals surface area contributed by atoms with Crippen LogP contribution in [0.3, 0.4) is 0 Å². The maximum absolute atomic E-state index is 5.77. The first-order valence-electron chi connectivity index (χ1n) is 3.95. The van der Waals surface area contributed by atoms with E-state index in [4.69, 9.17) is 5.73 Å². The topological polar surface area (TPSA) is 29.3 Å². The Morgan fingerprint density at radius 2 is 1.90 bits per heavy atom. The van der Waals surface area contributed by atoms with E-state index in [2.05, 4.69) is 32.6 Å². The van der Waals surface area contributed by atoms with E-state index in [1.807, 2.05) is 0 Å². The van der Waals surface area contributed by atoms with Crippen molar-refractivity contribution in [3.63, 3.8) is 0 Å². The molecule has 1 heterocycles. The van der Waals surface area contributed by atoms with E-state index >= 15 is 0 Å². The normalized spacial score (nSPS) is 35.7. The van der Waals surface area contributed by atoms with Crippen LogP contribution < -0.4 is 5.73 Å². The van der Waals surface area contributed by atoms with E-state index in [-0.39, 0.29) is 0 Å². The molecule has 0 aliphatic carbocycles. The van der Waals surface area contributed by atoms with Crippen LogP contribution in [-0.4, -0.2) is 29.1 Å². The first-order chi connectivity index (χ1) is 4.43. The highest BCUT2D eigenvalue weighted by Gasteiger charge is 2.38. The second-order valence-corrected chi connectivity index (χ2v) is 4.23. The Morgan fingerprint density at radius 3 is 2.00 bits per heavy atom. The SMILES string of the molecule is C[C@H]1C(N)CN1C(C)(C)C. The number of hydrogen-bond donors (Lipinski definition) is 1. The molecule has 0 aromatic rings. The molecule has 0 aromatic heterocycles. The lowest BCUT2D eigenvalue weighted by Crippen LogP contribution is -2.68. The van der Waals surface area contributed by atoms with Crippen molar-refractivity contribution >= 4 is 0 Å². The molecule has 1 aliphatic rings. The summed E-state index contributed by atoms with van der Waals surface area (Å²) < 4.78 is 0. The molecule has 0 bridgehead atoms. The lowest BCUT2D eigenvalue weighted by atomic mass is 9.91. The third kappa shape index (κ3) is 1.18. The van der Waals surface area contributed by atoms with Gasteiger partial charge in [-0.1, -0.05) is 0 Å². The van der Waals surface area contributed by atoms with Crippen LogP contribution in [0.2, 0.25) is 0 Å². The van der Waals surface area contributed by atoms with Crippen molar-refractivity contribution in [1.29, 1.82) is 0 Å². The summed E-state index contributed by atoms with van der Waals surface area (Å²) in [4.78, 5) is 2.43. The van der Waals surface area contributed by atoms with Gasteiger partial charge in [0.15, 0.2) is 0 Å². The maximum atomic E-state index is 5.77. The molecule has 0 amide bonds. The van der Waals surface area contributed by atoms with Crippen molar-refractivity contribution in [2.24, 2.45) is 5.73 Å². The Bertz CT molecular complexity index is 126. The lowest BCUT2D eigenvalue weighted by molar-refractivity contribution is -0.00759. The standard InChI is InChI=1S/C8H18N2/c1-6-7(9)5-10(6)8(2,3)4/h6-7H,5,9H2,1-4H3/t6-,7?/m0/s1. The van der Waals surface area contributed by atoms with Crippen LogP contribution in [0.4, 0.5) is 0 Å².